The minimum absolute atomic E-state index is 0.377. The number of hydrogen-bond acceptors (Lipinski definition) is 5. The third-order valence-electron chi connectivity index (χ3n) is 3.02. The standard InChI is InChI=1S/C15H24N2O3S/c1-18-9-6-17(7-10-19-2)8-11-20-14-5-3-4-13(12-14)15(16)21/h3-5,12H,6-11H2,1-2H3,(H2,16,21). The molecule has 0 amide bonds. The molecule has 0 aliphatic carbocycles. The van der Waals surface area contributed by atoms with Crippen LogP contribution in [0.25, 0.3) is 0 Å². The van der Waals surface area contributed by atoms with Gasteiger partial charge in [0.25, 0.3) is 0 Å². The molecule has 0 aliphatic heterocycles. The number of thiocarbonyl (C=S) groups is 1. The highest BCUT2D eigenvalue weighted by molar-refractivity contribution is 7.80. The van der Waals surface area contributed by atoms with Crippen LogP contribution in [0, 0.1) is 0 Å². The molecule has 0 unspecified atom stereocenters. The summed E-state index contributed by atoms with van der Waals surface area (Å²) in [6.45, 7) is 4.51. The largest absolute Gasteiger partial charge is 0.492 e. The fraction of sp³-hybridized carbons (Fsp3) is 0.533. The van der Waals surface area contributed by atoms with Gasteiger partial charge in [-0.2, -0.15) is 0 Å². The Balaban J connectivity index is 2.41. The van der Waals surface area contributed by atoms with E-state index in [1.165, 1.54) is 0 Å². The van der Waals surface area contributed by atoms with Crippen LogP contribution in [0.4, 0.5) is 0 Å². The van der Waals surface area contributed by atoms with E-state index >= 15 is 0 Å². The second-order valence-corrected chi connectivity index (χ2v) is 5.01. The van der Waals surface area contributed by atoms with Crippen LogP contribution in [0.5, 0.6) is 5.75 Å². The van der Waals surface area contributed by atoms with Crippen LogP contribution in [-0.2, 0) is 9.47 Å². The van der Waals surface area contributed by atoms with E-state index in [0.717, 1.165) is 30.9 Å². The Morgan fingerprint density at radius 1 is 1.10 bits per heavy atom. The predicted octanol–water partition coefficient (Wildman–Crippen LogP) is 1.29. The van der Waals surface area contributed by atoms with Crippen LogP contribution in [-0.4, -0.2) is 63.6 Å². The Labute approximate surface area is 132 Å². The van der Waals surface area contributed by atoms with Crippen LogP contribution in [0.15, 0.2) is 24.3 Å². The molecule has 5 nitrogen and oxygen atoms in total. The first kappa shape index (κ1) is 17.8. The van der Waals surface area contributed by atoms with Crippen molar-refractivity contribution < 1.29 is 14.2 Å². The van der Waals surface area contributed by atoms with E-state index in [1.807, 2.05) is 24.3 Å². The van der Waals surface area contributed by atoms with Crippen molar-refractivity contribution in [2.24, 2.45) is 5.73 Å². The first-order chi connectivity index (χ1) is 10.2. The third kappa shape index (κ3) is 7.38. The molecular weight excluding hydrogens is 288 g/mol. The molecule has 21 heavy (non-hydrogen) atoms. The highest BCUT2D eigenvalue weighted by Crippen LogP contribution is 2.13. The predicted molar refractivity (Wildman–Crippen MR) is 88.0 cm³/mol. The van der Waals surface area contributed by atoms with E-state index in [-0.39, 0.29) is 0 Å². The van der Waals surface area contributed by atoms with Crippen molar-refractivity contribution in [2.75, 3.05) is 53.7 Å². The Bertz CT molecular complexity index is 421. The Morgan fingerprint density at radius 2 is 1.71 bits per heavy atom. The summed E-state index contributed by atoms with van der Waals surface area (Å²) in [6.07, 6.45) is 0. The number of rotatable bonds is 11. The van der Waals surface area contributed by atoms with Crippen LogP contribution in [0.2, 0.25) is 0 Å². The maximum Gasteiger partial charge on any atom is 0.120 e. The van der Waals surface area contributed by atoms with E-state index in [2.05, 4.69) is 4.90 Å². The van der Waals surface area contributed by atoms with E-state index in [4.69, 9.17) is 32.2 Å². The lowest BCUT2D eigenvalue weighted by Crippen LogP contribution is -2.34. The molecule has 1 aromatic rings. The summed E-state index contributed by atoms with van der Waals surface area (Å²) in [5.74, 6) is 0.777. The summed E-state index contributed by atoms with van der Waals surface area (Å²) < 4.78 is 16.0. The zero-order valence-electron chi connectivity index (χ0n) is 12.7. The van der Waals surface area contributed by atoms with Gasteiger partial charge in [-0.05, 0) is 12.1 Å². The summed E-state index contributed by atoms with van der Waals surface area (Å²) in [5, 5.41) is 0. The minimum Gasteiger partial charge on any atom is -0.492 e. The second-order valence-electron chi connectivity index (χ2n) is 4.57. The van der Waals surface area contributed by atoms with Crippen LogP contribution < -0.4 is 10.5 Å². The molecule has 0 aromatic heterocycles. The number of ether oxygens (including phenoxy) is 3. The fourth-order valence-corrected chi connectivity index (χ4v) is 1.93. The average Bonchev–Trinajstić information content (AvgIpc) is 2.49. The monoisotopic (exact) mass is 312 g/mol. The topological polar surface area (TPSA) is 57.0 Å². The number of nitrogens with two attached hydrogens (primary N) is 1. The molecule has 0 radical (unpaired) electrons. The normalized spacial score (nSPS) is 10.8. The highest BCUT2D eigenvalue weighted by atomic mass is 32.1. The van der Waals surface area contributed by atoms with E-state index in [9.17, 15) is 0 Å². The SMILES string of the molecule is COCCN(CCOC)CCOc1cccc(C(N)=S)c1. The molecule has 2 N–H and O–H groups in total. The number of hydrogen-bond donors (Lipinski definition) is 1. The molecule has 0 heterocycles. The van der Waals surface area contributed by atoms with Gasteiger partial charge in [0.2, 0.25) is 0 Å². The molecule has 0 aliphatic rings. The molecule has 118 valence electrons. The fourth-order valence-electron chi connectivity index (χ4n) is 1.81. The van der Waals surface area contributed by atoms with Gasteiger partial charge in [-0.15, -0.1) is 0 Å². The van der Waals surface area contributed by atoms with Gasteiger partial charge in [-0.25, -0.2) is 0 Å². The van der Waals surface area contributed by atoms with Gasteiger partial charge in [-0.3, -0.25) is 4.90 Å². The molecule has 0 atom stereocenters. The van der Waals surface area contributed by atoms with Gasteiger partial charge >= 0.3 is 0 Å². The van der Waals surface area contributed by atoms with Gasteiger partial charge in [-0.1, -0.05) is 24.4 Å². The molecule has 0 bridgehead atoms. The maximum atomic E-state index is 5.75. The summed E-state index contributed by atoms with van der Waals surface area (Å²) in [7, 11) is 3.40. The summed E-state index contributed by atoms with van der Waals surface area (Å²) >= 11 is 4.96. The van der Waals surface area contributed by atoms with Crippen LogP contribution in [0.3, 0.4) is 0 Å². The van der Waals surface area contributed by atoms with Gasteiger partial charge in [0.15, 0.2) is 0 Å². The van der Waals surface area contributed by atoms with Gasteiger partial charge in [0.1, 0.15) is 17.3 Å². The number of methoxy groups -OCH3 is 2. The zero-order valence-corrected chi connectivity index (χ0v) is 13.5. The van der Waals surface area contributed by atoms with Crippen molar-refractivity contribution in [3.63, 3.8) is 0 Å². The Morgan fingerprint density at radius 3 is 2.29 bits per heavy atom. The van der Waals surface area contributed by atoms with Gasteiger partial charge < -0.3 is 19.9 Å². The number of nitrogens with zero attached hydrogens (tertiary/aromatic N) is 1. The first-order valence-corrected chi connectivity index (χ1v) is 7.31. The molecule has 0 fully saturated rings. The van der Waals surface area contributed by atoms with Crippen molar-refractivity contribution >= 4 is 17.2 Å². The summed E-state index contributed by atoms with van der Waals surface area (Å²) in [5.41, 5.74) is 6.43. The minimum atomic E-state index is 0.377. The third-order valence-corrected chi connectivity index (χ3v) is 3.25. The van der Waals surface area contributed by atoms with Crippen molar-refractivity contribution in [3.8, 4) is 5.75 Å². The summed E-state index contributed by atoms with van der Waals surface area (Å²) in [6, 6.07) is 7.52. The lowest BCUT2D eigenvalue weighted by Gasteiger charge is -2.21. The quantitative estimate of drug-likeness (QED) is 0.622. The Hall–Kier alpha value is -1.21. The number of benzene rings is 1. The molecule has 1 aromatic carbocycles. The maximum absolute atomic E-state index is 5.75. The zero-order chi connectivity index (χ0) is 15.5. The second kappa shape index (κ2) is 10.5. The molecular formula is C15H24N2O3S. The van der Waals surface area contributed by atoms with Crippen molar-refractivity contribution in [1.82, 2.24) is 4.90 Å². The van der Waals surface area contributed by atoms with Crippen LogP contribution >= 0.6 is 12.2 Å². The first-order valence-electron chi connectivity index (χ1n) is 6.90. The van der Waals surface area contributed by atoms with Crippen molar-refractivity contribution in [2.45, 2.75) is 0 Å². The lowest BCUT2D eigenvalue weighted by atomic mass is 10.2. The molecule has 1 rings (SSSR count). The van der Waals surface area contributed by atoms with E-state index in [0.29, 0.717) is 24.8 Å². The smallest absolute Gasteiger partial charge is 0.120 e. The average molecular weight is 312 g/mol. The van der Waals surface area contributed by atoms with Crippen molar-refractivity contribution in [1.29, 1.82) is 0 Å². The molecule has 6 heteroatoms. The summed E-state index contributed by atoms with van der Waals surface area (Å²) in [4.78, 5) is 2.62. The van der Waals surface area contributed by atoms with Crippen molar-refractivity contribution in [3.05, 3.63) is 29.8 Å². The van der Waals surface area contributed by atoms with Gasteiger partial charge in [0, 0.05) is 39.4 Å². The molecule has 0 saturated heterocycles. The van der Waals surface area contributed by atoms with Crippen LogP contribution in [0.1, 0.15) is 5.56 Å². The molecule has 0 spiro atoms. The lowest BCUT2D eigenvalue weighted by molar-refractivity contribution is 0.104. The Kier molecular flexibility index (Phi) is 8.93. The van der Waals surface area contributed by atoms with Gasteiger partial charge in [0.05, 0.1) is 13.2 Å². The van der Waals surface area contributed by atoms with E-state index in [1.54, 1.807) is 14.2 Å². The van der Waals surface area contributed by atoms with E-state index < -0.39 is 0 Å². The highest BCUT2D eigenvalue weighted by Gasteiger charge is 2.05. The molecule has 0 saturated carbocycles.